The van der Waals surface area contributed by atoms with Crippen LogP contribution in [0.25, 0.3) is 17.8 Å². The number of anilines is 1. The number of guanidine groups is 1. The quantitative estimate of drug-likeness (QED) is 0.181. The monoisotopic (exact) mass is 478 g/mol. The number of aliphatic hydroxyl groups excluding tert-OH is 1. The molecule has 1 unspecified atom stereocenters. The topological polar surface area (TPSA) is 85.1 Å². The van der Waals surface area contributed by atoms with Gasteiger partial charge in [-0.05, 0) is 48.5 Å². The highest BCUT2D eigenvalue weighted by atomic mass is 32.2. The van der Waals surface area contributed by atoms with E-state index in [-0.39, 0.29) is 0 Å². The number of aliphatic hydroxyl groups is 1. The van der Waals surface area contributed by atoms with Crippen LogP contribution in [0.15, 0.2) is 64.9 Å². The summed E-state index contributed by atoms with van der Waals surface area (Å²) in [4.78, 5) is 14.9. The first kappa shape index (κ1) is 26.9. The van der Waals surface area contributed by atoms with E-state index in [1.54, 1.807) is 31.0 Å². The first-order chi connectivity index (χ1) is 16.5. The molecule has 1 atom stereocenters. The lowest BCUT2D eigenvalue weighted by molar-refractivity contribution is 0.185. The molecular weight excluding hydrogens is 444 g/mol. The molecule has 0 bridgehead atoms. The summed E-state index contributed by atoms with van der Waals surface area (Å²) in [7, 11) is 3.64. The van der Waals surface area contributed by atoms with Gasteiger partial charge in [0.05, 0.1) is 23.4 Å². The summed E-state index contributed by atoms with van der Waals surface area (Å²) in [6.45, 7) is 14.6. The van der Waals surface area contributed by atoms with Gasteiger partial charge in [-0.1, -0.05) is 43.5 Å². The molecule has 2 rings (SSSR count). The summed E-state index contributed by atoms with van der Waals surface area (Å²) < 4.78 is 0. The minimum atomic E-state index is -0.687. The SMILES string of the molecule is C=Cc1ccc(C(O)CN(C)c2cccc(/C(=C/SCNC(=NC)NCC)N=C)n2)cc1C=C. The van der Waals surface area contributed by atoms with Crippen molar-refractivity contribution in [2.45, 2.75) is 13.0 Å². The molecule has 3 N–H and O–H groups in total. The van der Waals surface area contributed by atoms with Crippen molar-refractivity contribution in [3.8, 4) is 0 Å². The van der Waals surface area contributed by atoms with Gasteiger partial charge < -0.3 is 20.6 Å². The molecular formula is C26H34N6OS. The van der Waals surface area contributed by atoms with Crippen LogP contribution in [-0.4, -0.2) is 55.8 Å². The second kappa shape index (κ2) is 14.0. The van der Waals surface area contributed by atoms with Gasteiger partial charge in [0.2, 0.25) is 0 Å². The van der Waals surface area contributed by atoms with Crippen molar-refractivity contribution in [3.05, 3.63) is 77.3 Å². The van der Waals surface area contributed by atoms with E-state index in [0.29, 0.717) is 23.8 Å². The Morgan fingerprint density at radius 1 is 1.21 bits per heavy atom. The average Bonchev–Trinajstić information content (AvgIpc) is 2.87. The third kappa shape index (κ3) is 7.60. The third-order valence-corrected chi connectivity index (χ3v) is 5.73. The number of pyridine rings is 1. The highest BCUT2D eigenvalue weighted by Gasteiger charge is 2.14. The van der Waals surface area contributed by atoms with E-state index < -0.39 is 6.10 Å². The Bertz CT molecular complexity index is 1050. The fraction of sp³-hybridized carbons (Fsp3) is 0.269. The van der Waals surface area contributed by atoms with E-state index in [2.05, 4.69) is 40.5 Å². The molecule has 1 aromatic heterocycles. The Morgan fingerprint density at radius 3 is 2.62 bits per heavy atom. The van der Waals surface area contributed by atoms with Gasteiger partial charge in [0, 0.05) is 32.6 Å². The zero-order valence-corrected chi connectivity index (χ0v) is 21.0. The molecule has 0 aliphatic rings. The first-order valence-corrected chi connectivity index (χ1v) is 12.0. The molecule has 0 aliphatic heterocycles. The van der Waals surface area contributed by atoms with E-state index in [9.17, 15) is 5.11 Å². The number of aromatic nitrogens is 1. The van der Waals surface area contributed by atoms with Gasteiger partial charge in [-0.25, -0.2) is 4.98 Å². The maximum absolute atomic E-state index is 10.8. The number of likely N-dealkylation sites (N-methyl/N-ethyl adjacent to an activating group) is 1. The van der Waals surface area contributed by atoms with Crippen LogP contribution in [0.4, 0.5) is 5.82 Å². The zero-order chi connectivity index (χ0) is 24.9. The molecule has 8 heteroatoms. The van der Waals surface area contributed by atoms with Gasteiger partial charge in [0.1, 0.15) is 5.82 Å². The predicted octanol–water partition coefficient (Wildman–Crippen LogP) is 4.41. The number of nitrogens with one attached hydrogen (secondary N) is 2. The van der Waals surface area contributed by atoms with Crippen LogP contribution in [-0.2, 0) is 0 Å². The standard InChI is InChI=1S/C26H34N6OS/c1-7-19-13-14-21(15-20(19)8-2)24(33)16-32(6)25-12-10-11-22(31-25)23(27-4)17-34-18-30-26(28-5)29-9-3/h7-8,10-15,17,24,33H,1-2,4,9,16,18H2,3,5-6H3,(H2,28,29,30)/b23-17-. The Balaban J connectivity index is 2.08. The second-order valence-corrected chi connectivity index (χ2v) is 8.18. The van der Waals surface area contributed by atoms with Crippen molar-refractivity contribution in [1.82, 2.24) is 15.6 Å². The van der Waals surface area contributed by atoms with Crippen LogP contribution in [0.3, 0.4) is 0 Å². The molecule has 0 spiro atoms. The highest BCUT2D eigenvalue weighted by Crippen LogP contribution is 2.24. The second-order valence-electron chi connectivity index (χ2n) is 7.33. The lowest BCUT2D eigenvalue weighted by Gasteiger charge is -2.23. The molecule has 34 heavy (non-hydrogen) atoms. The fourth-order valence-corrected chi connectivity index (χ4v) is 3.85. The van der Waals surface area contributed by atoms with Crippen molar-refractivity contribution < 1.29 is 5.11 Å². The van der Waals surface area contributed by atoms with Crippen molar-refractivity contribution in [2.75, 3.05) is 38.0 Å². The van der Waals surface area contributed by atoms with Gasteiger partial charge in [-0.2, -0.15) is 0 Å². The summed E-state index contributed by atoms with van der Waals surface area (Å²) in [5.41, 5.74) is 4.13. The largest absolute Gasteiger partial charge is 0.387 e. The van der Waals surface area contributed by atoms with E-state index in [4.69, 9.17) is 4.98 Å². The summed E-state index contributed by atoms with van der Waals surface area (Å²) in [6.07, 6.45) is 2.86. The summed E-state index contributed by atoms with van der Waals surface area (Å²) in [6, 6.07) is 11.5. The maximum atomic E-state index is 10.8. The maximum Gasteiger partial charge on any atom is 0.191 e. The van der Waals surface area contributed by atoms with Crippen molar-refractivity contribution in [2.24, 2.45) is 9.98 Å². The molecule has 0 fully saturated rings. The third-order valence-electron chi connectivity index (χ3n) is 5.03. The van der Waals surface area contributed by atoms with Crippen LogP contribution in [0.5, 0.6) is 0 Å². The van der Waals surface area contributed by atoms with Gasteiger partial charge >= 0.3 is 0 Å². The van der Waals surface area contributed by atoms with Gasteiger partial charge in [-0.3, -0.25) is 9.98 Å². The minimum absolute atomic E-state index is 0.378. The van der Waals surface area contributed by atoms with Crippen LogP contribution >= 0.6 is 11.8 Å². The fourth-order valence-electron chi connectivity index (χ4n) is 3.20. The first-order valence-electron chi connectivity index (χ1n) is 11.0. The van der Waals surface area contributed by atoms with E-state index in [1.807, 2.05) is 60.7 Å². The van der Waals surface area contributed by atoms with Gasteiger partial charge in [0.25, 0.3) is 0 Å². The van der Waals surface area contributed by atoms with Crippen molar-refractivity contribution >= 4 is 48.1 Å². The molecule has 0 saturated heterocycles. The van der Waals surface area contributed by atoms with Gasteiger partial charge in [0.15, 0.2) is 5.96 Å². The lowest BCUT2D eigenvalue weighted by atomic mass is 10.0. The number of hydrogen-bond acceptors (Lipinski definition) is 6. The Labute approximate surface area is 207 Å². The molecule has 7 nitrogen and oxygen atoms in total. The molecule has 0 aliphatic carbocycles. The Hall–Kier alpha value is -3.36. The summed E-state index contributed by atoms with van der Waals surface area (Å²) >= 11 is 1.54. The number of aliphatic imine (C=N–C) groups is 2. The number of benzene rings is 1. The molecule has 1 heterocycles. The average molecular weight is 479 g/mol. The molecule has 1 aromatic carbocycles. The van der Waals surface area contributed by atoms with E-state index in [1.165, 1.54) is 0 Å². The zero-order valence-electron chi connectivity index (χ0n) is 20.2. The molecule has 0 saturated carbocycles. The number of thioether (sulfide) groups is 1. The molecule has 0 radical (unpaired) electrons. The van der Waals surface area contributed by atoms with Crippen LogP contribution in [0, 0.1) is 0 Å². The van der Waals surface area contributed by atoms with E-state index in [0.717, 1.165) is 35.0 Å². The number of rotatable bonds is 12. The molecule has 0 amide bonds. The number of nitrogens with zero attached hydrogens (tertiary/aromatic N) is 4. The molecule has 180 valence electrons. The lowest BCUT2D eigenvalue weighted by Crippen LogP contribution is -2.36. The Morgan fingerprint density at radius 2 is 1.97 bits per heavy atom. The molecule has 2 aromatic rings. The van der Waals surface area contributed by atoms with Crippen molar-refractivity contribution in [3.63, 3.8) is 0 Å². The smallest absolute Gasteiger partial charge is 0.191 e. The normalized spacial score (nSPS) is 12.6. The van der Waals surface area contributed by atoms with E-state index >= 15 is 0 Å². The Kier molecular flexibility index (Phi) is 11.1. The summed E-state index contributed by atoms with van der Waals surface area (Å²) in [5, 5.41) is 19.1. The number of hydrogen-bond donors (Lipinski definition) is 3. The van der Waals surface area contributed by atoms with Crippen LogP contribution in [0.1, 0.15) is 35.4 Å². The highest BCUT2D eigenvalue weighted by molar-refractivity contribution is 8.02. The van der Waals surface area contributed by atoms with Gasteiger partial charge in [-0.15, -0.1) is 11.8 Å². The predicted molar refractivity (Wildman–Crippen MR) is 149 cm³/mol. The van der Waals surface area contributed by atoms with Crippen molar-refractivity contribution in [1.29, 1.82) is 0 Å². The van der Waals surface area contributed by atoms with Crippen LogP contribution in [0.2, 0.25) is 0 Å². The van der Waals surface area contributed by atoms with Crippen LogP contribution < -0.4 is 15.5 Å². The minimum Gasteiger partial charge on any atom is -0.387 e. The summed E-state index contributed by atoms with van der Waals surface area (Å²) in [5.74, 6) is 2.10.